The number of phosphoric acid groups is 1. The summed E-state index contributed by atoms with van der Waals surface area (Å²) in [6, 6.07) is 2.60. The highest BCUT2D eigenvalue weighted by Gasteiger charge is 2.43. The number of pyridine rings is 1. The van der Waals surface area contributed by atoms with Crippen molar-refractivity contribution in [1.29, 1.82) is 0 Å². The molecule has 228 valence electrons. The van der Waals surface area contributed by atoms with Gasteiger partial charge in [-0.1, -0.05) is 6.07 Å². The number of hydrogen-bond acceptors (Lipinski definition) is 11. The Morgan fingerprint density at radius 1 is 1.21 bits per heavy atom. The summed E-state index contributed by atoms with van der Waals surface area (Å²) in [5.74, 6) is -3.50. The lowest BCUT2D eigenvalue weighted by Crippen LogP contribution is -2.49. The van der Waals surface area contributed by atoms with Gasteiger partial charge < -0.3 is 42.7 Å². The molecule has 3 atom stereocenters. The molecule has 3 heterocycles. The standard InChI is InChI=1S/C25H27F2N2O12P/c1-14-12-38-20-11-28-10-17(19(30)6-4-15-3-5-16(26)9-18(15)27)22(31)23(21(28)24(32)29(14)20)39-13-40-25(33)37-7-2-8-41-42(34,35)36/h3,5,9-10,14,20H,2,4,6-8,11-13H2,1H3,(H2,34,35,36)/p-1/t14-,20+/m0/s1. The summed E-state index contributed by atoms with van der Waals surface area (Å²) >= 11 is 0. The van der Waals surface area contributed by atoms with Gasteiger partial charge in [0.05, 0.1) is 38.0 Å². The van der Waals surface area contributed by atoms with Crippen LogP contribution in [0.4, 0.5) is 13.6 Å². The van der Waals surface area contributed by atoms with Gasteiger partial charge in [-0.2, -0.15) is 0 Å². The highest BCUT2D eigenvalue weighted by atomic mass is 31.2. The predicted molar refractivity (Wildman–Crippen MR) is 133 cm³/mol. The zero-order valence-electron chi connectivity index (χ0n) is 22.2. The molecule has 17 heteroatoms. The lowest BCUT2D eigenvalue weighted by Gasteiger charge is -2.34. The molecule has 1 aromatic heterocycles. The second-order valence-corrected chi connectivity index (χ2v) is 10.6. The van der Waals surface area contributed by atoms with Crippen LogP contribution in [0.25, 0.3) is 0 Å². The summed E-state index contributed by atoms with van der Waals surface area (Å²) in [5, 5.41) is 0. The number of phosphoric ester groups is 1. The van der Waals surface area contributed by atoms with E-state index < -0.39 is 68.1 Å². The molecule has 2 aliphatic rings. The van der Waals surface area contributed by atoms with Crippen LogP contribution in [0.5, 0.6) is 5.75 Å². The summed E-state index contributed by atoms with van der Waals surface area (Å²) in [4.78, 5) is 72.1. The molecule has 42 heavy (non-hydrogen) atoms. The third kappa shape index (κ3) is 7.38. The number of nitrogens with zero attached hydrogens (tertiary/aromatic N) is 2. The fourth-order valence-corrected chi connectivity index (χ4v) is 4.83. The van der Waals surface area contributed by atoms with Gasteiger partial charge in [0.2, 0.25) is 18.0 Å². The molecular weight excluding hydrogens is 589 g/mol. The normalized spacial score (nSPS) is 19.1. The molecule has 1 amide bonds. The minimum absolute atomic E-state index is 0.0595. The van der Waals surface area contributed by atoms with E-state index in [2.05, 4.69) is 4.52 Å². The average molecular weight is 615 g/mol. The quantitative estimate of drug-likeness (QED) is 0.120. The fraction of sp³-hybridized carbons (Fsp3) is 0.440. The number of ketones is 1. The summed E-state index contributed by atoms with van der Waals surface area (Å²) in [6.07, 6.45) is -1.29. The van der Waals surface area contributed by atoms with Crippen LogP contribution in [0.3, 0.4) is 0 Å². The maximum absolute atomic E-state index is 14.1. The number of carbonyl (C=O) groups is 3. The number of hydrogen-bond donors (Lipinski definition) is 1. The van der Waals surface area contributed by atoms with Crippen LogP contribution in [0.1, 0.15) is 46.2 Å². The molecule has 4 rings (SSSR count). The summed E-state index contributed by atoms with van der Waals surface area (Å²) < 4.78 is 63.7. The van der Waals surface area contributed by atoms with Crippen LogP contribution in [0.2, 0.25) is 0 Å². The lowest BCUT2D eigenvalue weighted by molar-refractivity contribution is -0.219. The van der Waals surface area contributed by atoms with Crippen molar-refractivity contribution >= 4 is 25.7 Å². The second-order valence-electron chi connectivity index (χ2n) is 9.37. The van der Waals surface area contributed by atoms with E-state index in [1.54, 1.807) is 6.92 Å². The van der Waals surface area contributed by atoms with E-state index in [1.807, 2.05) is 0 Å². The molecule has 0 bridgehead atoms. The second kappa shape index (κ2) is 13.1. The third-order valence-corrected chi connectivity index (χ3v) is 6.93. The van der Waals surface area contributed by atoms with E-state index in [1.165, 1.54) is 21.7 Å². The molecule has 0 spiro atoms. The first-order valence-electron chi connectivity index (χ1n) is 12.6. The van der Waals surface area contributed by atoms with Crippen LogP contribution in [-0.4, -0.2) is 71.1 Å². The van der Waals surface area contributed by atoms with E-state index in [0.29, 0.717) is 6.07 Å². The Labute approximate surface area is 236 Å². The number of halogens is 2. The van der Waals surface area contributed by atoms with Crippen LogP contribution < -0.4 is 15.1 Å². The van der Waals surface area contributed by atoms with Gasteiger partial charge in [-0.25, -0.2) is 13.6 Å². The molecule has 0 saturated carbocycles. The van der Waals surface area contributed by atoms with E-state index in [0.717, 1.165) is 6.07 Å². The molecule has 1 N–H and O–H groups in total. The number of rotatable bonds is 12. The van der Waals surface area contributed by atoms with Crippen LogP contribution in [0, 0.1) is 11.6 Å². The first-order chi connectivity index (χ1) is 19.9. The molecule has 1 unspecified atom stereocenters. The van der Waals surface area contributed by atoms with Crippen LogP contribution in [-0.2, 0) is 36.3 Å². The van der Waals surface area contributed by atoms with Gasteiger partial charge in [0.1, 0.15) is 11.6 Å². The minimum atomic E-state index is -4.91. The first-order valence-corrected chi connectivity index (χ1v) is 14.1. The largest absolute Gasteiger partial charge is 0.756 e. The highest BCUT2D eigenvalue weighted by molar-refractivity contribution is 7.44. The van der Waals surface area contributed by atoms with Crippen LogP contribution >= 0.6 is 7.82 Å². The molecule has 1 saturated heterocycles. The molecule has 1 fully saturated rings. The molecule has 14 nitrogen and oxygen atoms in total. The monoisotopic (exact) mass is 615 g/mol. The van der Waals surface area contributed by atoms with Gasteiger partial charge in [-0.3, -0.25) is 18.9 Å². The van der Waals surface area contributed by atoms with Crippen molar-refractivity contribution < 1.29 is 61.0 Å². The van der Waals surface area contributed by atoms with Crippen LogP contribution in [0.15, 0.2) is 29.2 Å². The molecule has 2 aromatic rings. The maximum Gasteiger partial charge on any atom is 0.511 e. The predicted octanol–water partition coefficient (Wildman–Crippen LogP) is 1.50. The Kier molecular flexibility index (Phi) is 9.74. The van der Waals surface area contributed by atoms with Crippen molar-refractivity contribution in [2.45, 2.75) is 45.0 Å². The van der Waals surface area contributed by atoms with E-state index in [-0.39, 0.29) is 61.9 Å². The molecule has 0 aliphatic carbocycles. The third-order valence-electron chi connectivity index (χ3n) is 6.42. The number of carbonyl (C=O) groups excluding carboxylic acids is 3. The van der Waals surface area contributed by atoms with Gasteiger partial charge in [-0.05, 0) is 25.0 Å². The van der Waals surface area contributed by atoms with Crippen molar-refractivity contribution in [1.82, 2.24) is 9.47 Å². The van der Waals surface area contributed by atoms with Gasteiger partial charge in [0, 0.05) is 25.1 Å². The number of fused-ring (bicyclic) bond motifs is 2. The van der Waals surface area contributed by atoms with Crippen molar-refractivity contribution in [2.24, 2.45) is 0 Å². The highest BCUT2D eigenvalue weighted by Crippen LogP contribution is 2.31. The van der Waals surface area contributed by atoms with E-state index in [4.69, 9.17) is 23.8 Å². The van der Waals surface area contributed by atoms with Crippen molar-refractivity contribution in [3.05, 3.63) is 63.1 Å². The first kappa shape index (κ1) is 31.3. The molecule has 0 radical (unpaired) electrons. The number of benzene rings is 1. The van der Waals surface area contributed by atoms with Crippen molar-refractivity contribution in [3.63, 3.8) is 0 Å². The maximum atomic E-state index is 14.1. The Morgan fingerprint density at radius 2 is 1.98 bits per heavy atom. The van der Waals surface area contributed by atoms with Gasteiger partial charge in [0.25, 0.3) is 13.7 Å². The zero-order chi connectivity index (χ0) is 30.6. The number of aromatic nitrogens is 1. The van der Waals surface area contributed by atoms with Gasteiger partial charge >= 0.3 is 6.16 Å². The number of ether oxygens (including phenoxy) is 4. The Hall–Kier alpha value is -3.69. The van der Waals surface area contributed by atoms with Gasteiger partial charge in [-0.15, -0.1) is 0 Å². The topological polar surface area (TPSA) is 183 Å². The summed E-state index contributed by atoms with van der Waals surface area (Å²) in [6.45, 7) is 0.349. The summed E-state index contributed by atoms with van der Waals surface area (Å²) in [7, 11) is -4.91. The zero-order valence-corrected chi connectivity index (χ0v) is 23.1. The van der Waals surface area contributed by atoms with E-state index >= 15 is 0 Å². The Balaban J connectivity index is 1.50. The van der Waals surface area contributed by atoms with Gasteiger partial charge in [0.15, 0.2) is 17.7 Å². The average Bonchev–Trinajstić information content (AvgIpc) is 3.28. The fourth-order valence-electron chi connectivity index (χ4n) is 4.47. The molecule has 1 aromatic carbocycles. The number of amides is 1. The summed E-state index contributed by atoms with van der Waals surface area (Å²) in [5.41, 5.74) is -1.47. The Morgan fingerprint density at radius 3 is 2.69 bits per heavy atom. The van der Waals surface area contributed by atoms with Crippen molar-refractivity contribution in [3.8, 4) is 5.75 Å². The minimum Gasteiger partial charge on any atom is -0.756 e. The SMILES string of the molecule is C[C@H]1CO[C@@H]2Cn3cc(C(=O)CCc4ccc(F)cc4F)c(=O)c(OCOC(=O)OCCCOP(=O)([O-])O)c3C(=O)N12. The Bertz CT molecular complexity index is 1480. The molecule has 2 aliphatic heterocycles. The lowest BCUT2D eigenvalue weighted by atomic mass is 10.0. The number of aryl methyl sites for hydroxylation is 1. The number of Topliss-reactive ketones (excluding diaryl/α,β-unsaturated/α-hetero) is 1. The molecular formula is C25H26F2N2O12P-. The smallest absolute Gasteiger partial charge is 0.511 e. The van der Waals surface area contributed by atoms with E-state index in [9.17, 15) is 37.4 Å². The van der Waals surface area contributed by atoms with Crippen molar-refractivity contribution in [2.75, 3.05) is 26.6 Å².